The molecule has 0 N–H and O–H groups in total. The average molecular weight is 450 g/mol. The molecule has 1 fully saturated rings. The standard InChI is InChI=1S/C20H20FN3O4S2/c1-28-14-5-7-15(8-6-14)30(26,27)13-18(25)23-9-11-24(12-10-23)20-22-19-16(21)3-2-4-17(19)29-20/h2-8H,9-13H2,1H3. The molecule has 10 heteroatoms. The number of anilines is 1. The summed E-state index contributed by atoms with van der Waals surface area (Å²) in [5, 5.41) is 0.702. The van der Waals surface area contributed by atoms with Crippen LogP contribution in [0.15, 0.2) is 47.4 Å². The van der Waals surface area contributed by atoms with E-state index >= 15 is 0 Å². The van der Waals surface area contributed by atoms with Gasteiger partial charge in [-0.05, 0) is 36.4 Å². The highest BCUT2D eigenvalue weighted by molar-refractivity contribution is 7.92. The summed E-state index contributed by atoms with van der Waals surface area (Å²) >= 11 is 1.40. The van der Waals surface area contributed by atoms with Gasteiger partial charge in [-0.2, -0.15) is 0 Å². The van der Waals surface area contributed by atoms with Crippen LogP contribution in [0.1, 0.15) is 0 Å². The highest BCUT2D eigenvalue weighted by Crippen LogP contribution is 2.30. The number of piperazine rings is 1. The van der Waals surface area contributed by atoms with Crippen molar-refractivity contribution in [2.75, 3.05) is 43.9 Å². The van der Waals surface area contributed by atoms with Crippen LogP contribution in [0.4, 0.5) is 9.52 Å². The second-order valence-electron chi connectivity index (χ2n) is 6.89. The third kappa shape index (κ3) is 4.10. The van der Waals surface area contributed by atoms with Crippen LogP contribution >= 0.6 is 11.3 Å². The average Bonchev–Trinajstić information content (AvgIpc) is 3.19. The summed E-state index contributed by atoms with van der Waals surface area (Å²) in [4.78, 5) is 20.6. The number of ether oxygens (including phenoxy) is 1. The molecule has 0 aliphatic carbocycles. The molecule has 4 rings (SSSR count). The highest BCUT2D eigenvalue weighted by Gasteiger charge is 2.27. The molecule has 0 bridgehead atoms. The summed E-state index contributed by atoms with van der Waals surface area (Å²) < 4.78 is 44.8. The molecule has 7 nitrogen and oxygen atoms in total. The summed E-state index contributed by atoms with van der Waals surface area (Å²) in [6, 6.07) is 10.8. The third-order valence-electron chi connectivity index (χ3n) is 4.99. The topological polar surface area (TPSA) is 79.8 Å². The van der Waals surface area contributed by atoms with Crippen LogP contribution in [0.3, 0.4) is 0 Å². The van der Waals surface area contributed by atoms with Crippen LogP contribution in [0.25, 0.3) is 10.2 Å². The normalized spacial score (nSPS) is 14.9. The lowest BCUT2D eigenvalue weighted by Gasteiger charge is -2.34. The van der Waals surface area contributed by atoms with Crippen molar-refractivity contribution in [1.82, 2.24) is 9.88 Å². The molecule has 1 aliphatic rings. The number of methoxy groups -OCH3 is 1. The molecule has 1 aliphatic heterocycles. The van der Waals surface area contributed by atoms with Crippen LogP contribution in [0.5, 0.6) is 5.75 Å². The molecule has 2 aromatic carbocycles. The predicted molar refractivity (Wildman–Crippen MR) is 113 cm³/mol. The first-order chi connectivity index (χ1) is 14.4. The summed E-state index contributed by atoms with van der Waals surface area (Å²) in [6.45, 7) is 1.79. The largest absolute Gasteiger partial charge is 0.497 e. The van der Waals surface area contributed by atoms with Crippen molar-refractivity contribution in [2.24, 2.45) is 0 Å². The summed E-state index contributed by atoms with van der Waals surface area (Å²) in [7, 11) is -2.24. The fourth-order valence-corrected chi connectivity index (χ4v) is 5.56. The molecule has 158 valence electrons. The fourth-order valence-electron chi connectivity index (χ4n) is 3.31. The van der Waals surface area contributed by atoms with Crippen molar-refractivity contribution in [3.63, 3.8) is 0 Å². The maximum absolute atomic E-state index is 13.9. The number of carbonyl (C=O) groups is 1. The van der Waals surface area contributed by atoms with E-state index in [1.54, 1.807) is 23.1 Å². The summed E-state index contributed by atoms with van der Waals surface area (Å²) in [6.07, 6.45) is 0. The zero-order chi connectivity index (χ0) is 21.3. The quantitative estimate of drug-likeness (QED) is 0.596. The Bertz CT molecular complexity index is 1170. The number of hydrogen-bond donors (Lipinski definition) is 0. The van der Waals surface area contributed by atoms with Gasteiger partial charge in [0.05, 0.1) is 16.7 Å². The lowest BCUT2D eigenvalue weighted by atomic mass is 10.3. The monoisotopic (exact) mass is 449 g/mol. The Morgan fingerprint density at radius 1 is 1.13 bits per heavy atom. The van der Waals surface area contributed by atoms with Crippen molar-refractivity contribution in [2.45, 2.75) is 4.90 Å². The fraction of sp³-hybridized carbons (Fsp3) is 0.300. The molecular weight excluding hydrogens is 429 g/mol. The number of halogens is 1. The molecule has 30 heavy (non-hydrogen) atoms. The first-order valence-corrected chi connectivity index (χ1v) is 11.8. The van der Waals surface area contributed by atoms with E-state index in [4.69, 9.17) is 4.74 Å². The smallest absolute Gasteiger partial charge is 0.238 e. The second-order valence-corrected chi connectivity index (χ2v) is 9.88. The number of benzene rings is 2. The number of aromatic nitrogens is 1. The van der Waals surface area contributed by atoms with E-state index < -0.39 is 21.5 Å². The molecule has 1 saturated heterocycles. The van der Waals surface area contributed by atoms with Gasteiger partial charge in [0.15, 0.2) is 15.0 Å². The SMILES string of the molecule is COc1ccc(S(=O)(=O)CC(=O)N2CCN(c3nc4c(F)cccc4s3)CC2)cc1. The van der Waals surface area contributed by atoms with Gasteiger partial charge < -0.3 is 14.5 Å². The van der Waals surface area contributed by atoms with E-state index in [-0.39, 0.29) is 10.7 Å². The molecule has 2 heterocycles. The lowest BCUT2D eigenvalue weighted by Crippen LogP contribution is -2.50. The van der Waals surface area contributed by atoms with Crippen molar-refractivity contribution in [1.29, 1.82) is 0 Å². The zero-order valence-electron chi connectivity index (χ0n) is 16.2. The van der Waals surface area contributed by atoms with E-state index in [0.29, 0.717) is 42.6 Å². The van der Waals surface area contributed by atoms with Crippen molar-refractivity contribution >= 4 is 42.4 Å². The van der Waals surface area contributed by atoms with Gasteiger partial charge in [0.25, 0.3) is 0 Å². The van der Waals surface area contributed by atoms with E-state index in [0.717, 1.165) is 4.70 Å². The molecule has 1 aromatic heterocycles. The van der Waals surface area contributed by atoms with Crippen molar-refractivity contribution in [3.8, 4) is 5.75 Å². The predicted octanol–water partition coefficient (Wildman–Crippen LogP) is 2.57. The lowest BCUT2D eigenvalue weighted by molar-refractivity contribution is -0.128. The van der Waals surface area contributed by atoms with Crippen molar-refractivity contribution < 1.29 is 22.3 Å². The summed E-state index contributed by atoms with van der Waals surface area (Å²) in [5.41, 5.74) is 0.349. The van der Waals surface area contributed by atoms with E-state index in [2.05, 4.69) is 4.98 Å². The Balaban J connectivity index is 1.39. The van der Waals surface area contributed by atoms with Gasteiger partial charge in [0.2, 0.25) is 5.91 Å². The molecular formula is C20H20FN3O4S2. The van der Waals surface area contributed by atoms with Gasteiger partial charge in [0, 0.05) is 26.2 Å². The highest BCUT2D eigenvalue weighted by atomic mass is 32.2. The Hall–Kier alpha value is -2.72. The molecule has 0 atom stereocenters. The first-order valence-electron chi connectivity index (χ1n) is 9.32. The Kier molecular flexibility index (Phi) is 5.61. The number of nitrogens with zero attached hydrogens (tertiary/aromatic N) is 3. The van der Waals surface area contributed by atoms with Crippen LogP contribution in [0, 0.1) is 5.82 Å². The molecule has 0 saturated carbocycles. The molecule has 1 amide bonds. The minimum absolute atomic E-state index is 0.0896. The minimum Gasteiger partial charge on any atom is -0.497 e. The Morgan fingerprint density at radius 2 is 1.83 bits per heavy atom. The molecule has 0 radical (unpaired) electrons. The maximum Gasteiger partial charge on any atom is 0.238 e. The van der Waals surface area contributed by atoms with Gasteiger partial charge in [-0.3, -0.25) is 4.79 Å². The number of carbonyl (C=O) groups excluding carboxylic acids is 1. The van der Waals surface area contributed by atoms with Crippen LogP contribution < -0.4 is 9.64 Å². The second kappa shape index (κ2) is 8.19. The third-order valence-corrected chi connectivity index (χ3v) is 7.69. The van der Waals surface area contributed by atoms with Gasteiger partial charge >= 0.3 is 0 Å². The molecule has 3 aromatic rings. The molecule has 0 unspecified atom stereocenters. The zero-order valence-corrected chi connectivity index (χ0v) is 17.9. The number of fused-ring (bicyclic) bond motifs is 1. The van der Waals surface area contributed by atoms with Gasteiger partial charge in [-0.15, -0.1) is 0 Å². The number of rotatable bonds is 5. The van der Waals surface area contributed by atoms with Crippen LogP contribution in [-0.4, -0.2) is 63.3 Å². The minimum atomic E-state index is -3.73. The van der Waals surface area contributed by atoms with Crippen LogP contribution in [0.2, 0.25) is 0 Å². The number of para-hydroxylation sites is 1. The Labute approximate surface area is 177 Å². The number of amides is 1. The first kappa shape index (κ1) is 20.5. The number of thiazole rings is 1. The molecule has 0 spiro atoms. The van der Waals surface area contributed by atoms with E-state index in [1.165, 1.54) is 36.6 Å². The van der Waals surface area contributed by atoms with E-state index in [9.17, 15) is 17.6 Å². The van der Waals surface area contributed by atoms with Crippen LogP contribution in [-0.2, 0) is 14.6 Å². The van der Waals surface area contributed by atoms with E-state index in [1.807, 2.05) is 11.0 Å². The summed E-state index contributed by atoms with van der Waals surface area (Å²) in [5.74, 6) is -0.814. The van der Waals surface area contributed by atoms with Gasteiger partial charge in [-0.1, -0.05) is 17.4 Å². The van der Waals surface area contributed by atoms with Gasteiger partial charge in [0.1, 0.15) is 22.8 Å². The maximum atomic E-state index is 13.9. The number of hydrogen-bond acceptors (Lipinski definition) is 7. The van der Waals surface area contributed by atoms with Crippen molar-refractivity contribution in [3.05, 3.63) is 48.3 Å². The number of sulfone groups is 1. The Morgan fingerprint density at radius 3 is 2.47 bits per heavy atom. The van der Waals surface area contributed by atoms with Gasteiger partial charge in [-0.25, -0.2) is 17.8 Å².